The fourth-order valence-corrected chi connectivity index (χ4v) is 3.59. The minimum atomic E-state index is -0.222. The first-order valence-electron chi connectivity index (χ1n) is 9.46. The number of imidazole rings is 1. The number of fused-ring (bicyclic) bond motifs is 1. The fraction of sp³-hybridized carbons (Fsp3) is 0.474. The highest BCUT2D eigenvalue weighted by Crippen LogP contribution is 2.29. The topological polar surface area (TPSA) is 101 Å². The summed E-state index contributed by atoms with van der Waals surface area (Å²) in [7, 11) is 0. The van der Waals surface area contributed by atoms with Gasteiger partial charge in [0.05, 0.1) is 17.9 Å². The molecule has 1 aliphatic heterocycles. The molecule has 0 saturated carbocycles. The van der Waals surface area contributed by atoms with Crippen molar-refractivity contribution in [3.63, 3.8) is 0 Å². The molecule has 1 saturated heterocycles. The second-order valence-electron chi connectivity index (χ2n) is 6.86. The maximum absolute atomic E-state index is 12.4. The van der Waals surface area contributed by atoms with Crippen LogP contribution in [0.5, 0.6) is 0 Å². The SMILES string of the molecule is CCCc1ncnc2c1nc(Cn1cccc(N)c1=O)n2C1CCCCO1. The van der Waals surface area contributed by atoms with Crippen molar-refractivity contribution in [1.29, 1.82) is 0 Å². The van der Waals surface area contributed by atoms with Gasteiger partial charge in [0, 0.05) is 12.8 Å². The molecule has 1 aliphatic rings. The summed E-state index contributed by atoms with van der Waals surface area (Å²) in [6.45, 7) is 3.14. The lowest BCUT2D eigenvalue weighted by Crippen LogP contribution is -2.26. The number of hydrogen-bond donors (Lipinski definition) is 1. The van der Waals surface area contributed by atoms with Gasteiger partial charge in [0.25, 0.3) is 5.56 Å². The lowest BCUT2D eigenvalue weighted by molar-refractivity contribution is -0.0314. The lowest BCUT2D eigenvalue weighted by Gasteiger charge is -2.25. The van der Waals surface area contributed by atoms with E-state index < -0.39 is 0 Å². The highest BCUT2D eigenvalue weighted by atomic mass is 16.5. The Morgan fingerprint density at radius 1 is 1.33 bits per heavy atom. The van der Waals surface area contributed by atoms with Crippen LogP contribution in [0.25, 0.3) is 11.2 Å². The zero-order valence-corrected chi connectivity index (χ0v) is 15.5. The minimum Gasteiger partial charge on any atom is -0.394 e. The molecule has 4 heterocycles. The molecule has 8 nitrogen and oxygen atoms in total. The van der Waals surface area contributed by atoms with E-state index >= 15 is 0 Å². The van der Waals surface area contributed by atoms with Crippen molar-refractivity contribution in [2.45, 2.75) is 51.8 Å². The first-order chi connectivity index (χ1) is 13.2. The average molecular weight is 368 g/mol. The third-order valence-electron chi connectivity index (χ3n) is 4.92. The molecule has 3 aromatic heterocycles. The number of anilines is 1. The van der Waals surface area contributed by atoms with Gasteiger partial charge in [-0.3, -0.25) is 9.36 Å². The van der Waals surface area contributed by atoms with Gasteiger partial charge in [0.2, 0.25) is 0 Å². The molecule has 27 heavy (non-hydrogen) atoms. The van der Waals surface area contributed by atoms with Crippen LogP contribution in [0, 0.1) is 0 Å². The van der Waals surface area contributed by atoms with Crippen LogP contribution in [0.2, 0.25) is 0 Å². The van der Waals surface area contributed by atoms with Crippen LogP contribution >= 0.6 is 0 Å². The minimum absolute atomic E-state index is 0.125. The predicted molar refractivity (Wildman–Crippen MR) is 102 cm³/mol. The number of aromatic nitrogens is 5. The molecule has 3 aromatic rings. The van der Waals surface area contributed by atoms with Crippen molar-refractivity contribution < 1.29 is 4.74 Å². The Morgan fingerprint density at radius 3 is 3.00 bits per heavy atom. The number of nitrogens with two attached hydrogens (primary N) is 1. The van der Waals surface area contributed by atoms with E-state index in [0.717, 1.165) is 61.4 Å². The Balaban J connectivity index is 1.85. The number of ether oxygens (including phenoxy) is 1. The van der Waals surface area contributed by atoms with Gasteiger partial charge in [0.1, 0.15) is 23.9 Å². The Bertz CT molecular complexity index is 1000. The van der Waals surface area contributed by atoms with Crippen LogP contribution < -0.4 is 11.3 Å². The molecule has 0 aromatic carbocycles. The molecule has 1 unspecified atom stereocenters. The van der Waals surface area contributed by atoms with E-state index in [1.807, 2.05) is 4.57 Å². The van der Waals surface area contributed by atoms with Gasteiger partial charge in [-0.25, -0.2) is 15.0 Å². The second-order valence-corrected chi connectivity index (χ2v) is 6.86. The van der Waals surface area contributed by atoms with Crippen LogP contribution in [-0.2, 0) is 17.7 Å². The highest BCUT2D eigenvalue weighted by molar-refractivity contribution is 5.74. The number of rotatable bonds is 5. The van der Waals surface area contributed by atoms with Crippen molar-refractivity contribution in [1.82, 2.24) is 24.1 Å². The van der Waals surface area contributed by atoms with E-state index in [1.54, 1.807) is 29.2 Å². The van der Waals surface area contributed by atoms with E-state index in [1.165, 1.54) is 0 Å². The summed E-state index contributed by atoms with van der Waals surface area (Å²) in [5.74, 6) is 0.738. The molecule has 0 bridgehead atoms. The molecule has 1 fully saturated rings. The van der Waals surface area contributed by atoms with Crippen molar-refractivity contribution in [2.75, 3.05) is 12.3 Å². The predicted octanol–water partition coefficient (Wildman–Crippen LogP) is 2.27. The summed E-state index contributed by atoms with van der Waals surface area (Å²) in [6.07, 6.45) is 8.05. The van der Waals surface area contributed by atoms with Gasteiger partial charge < -0.3 is 15.0 Å². The summed E-state index contributed by atoms with van der Waals surface area (Å²) >= 11 is 0. The number of hydrogen-bond acceptors (Lipinski definition) is 6. The molecule has 8 heteroatoms. The maximum Gasteiger partial charge on any atom is 0.274 e. The van der Waals surface area contributed by atoms with Gasteiger partial charge in [-0.2, -0.15) is 0 Å². The molecule has 2 N–H and O–H groups in total. The second kappa shape index (κ2) is 7.48. The molecule has 142 valence electrons. The van der Waals surface area contributed by atoms with Gasteiger partial charge in [-0.15, -0.1) is 0 Å². The monoisotopic (exact) mass is 368 g/mol. The molecule has 0 spiro atoms. The van der Waals surface area contributed by atoms with Crippen LogP contribution in [-0.4, -0.2) is 30.7 Å². The average Bonchev–Trinajstić information content (AvgIpc) is 3.05. The first kappa shape index (κ1) is 17.7. The standard InChI is InChI=1S/C19H24N6O2/c1-2-6-14-17-18(22-12-21-14)25(16-8-3-4-10-27-16)15(23-17)11-24-9-5-7-13(20)19(24)26/h5,7,9,12,16H,2-4,6,8,10-11,20H2,1H3. The van der Waals surface area contributed by atoms with Crippen molar-refractivity contribution in [3.8, 4) is 0 Å². The maximum atomic E-state index is 12.4. The fourth-order valence-electron chi connectivity index (χ4n) is 3.59. The van der Waals surface area contributed by atoms with Crippen molar-refractivity contribution in [2.24, 2.45) is 0 Å². The summed E-state index contributed by atoms with van der Waals surface area (Å²) in [5, 5.41) is 0. The molecule has 0 radical (unpaired) electrons. The summed E-state index contributed by atoms with van der Waals surface area (Å²) in [5.41, 5.74) is 8.28. The molecule has 0 aliphatic carbocycles. The normalized spacial score (nSPS) is 17.4. The molecule has 0 amide bonds. The van der Waals surface area contributed by atoms with E-state index in [-0.39, 0.29) is 17.5 Å². The number of pyridine rings is 1. The first-order valence-corrected chi connectivity index (χ1v) is 9.46. The molecule has 1 atom stereocenters. The Morgan fingerprint density at radius 2 is 2.22 bits per heavy atom. The lowest BCUT2D eigenvalue weighted by atomic mass is 10.2. The quantitative estimate of drug-likeness (QED) is 0.741. The van der Waals surface area contributed by atoms with Crippen molar-refractivity contribution in [3.05, 3.63) is 46.5 Å². The molecular formula is C19H24N6O2. The Labute approximate surface area is 157 Å². The van der Waals surface area contributed by atoms with Crippen LogP contribution in [0.1, 0.15) is 50.4 Å². The van der Waals surface area contributed by atoms with Gasteiger partial charge >= 0.3 is 0 Å². The largest absolute Gasteiger partial charge is 0.394 e. The zero-order chi connectivity index (χ0) is 18.8. The number of nitrogen functional groups attached to an aromatic ring is 1. The van der Waals surface area contributed by atoms with Crippen LogP contribution in [0.3, 0.4) is 0 Å². The zero-order valence-electron chi connectivity index (χ0n) is 15.5. The molecule has 4 rings (SSSR count). The van der Waals surface area contributed by atoms with Gasteiger partial charge in [-0.05, 0) is 37.8 Å². The van der Waals surface area contributed by atoms with Gasteiger partial charge in [0.15, 0.2) is 5.65 Å². The van der Waals surface area contributed by atoms with E-state index in [0.29, 0.717) is 6.54 Å². The number of nitrogens with zero attached hydrogens (tertiary/aromatic N) is 5. The smallest absolute Gasteiger partial charge is 0.274 e. The summed E-state index contributed by atoms with van der Waals surface area (Å²) < 4.78 is 9.62. The highest BCUT2D eigenvalue weighted by Gasteiger charge is 2.24. The summed E-state index contributed by atoms with van der Waals surface area (Å²) in [4.78, 5) is 26.1. The molecular weight excluding hydrogens is 344 g/mol. The third kappa shape index (κ3) is 3.32. The van der Waals surface area contributed by atoms with E-state index in [4.69, 9.17) is 15.5 Å². The Kier molecular flexibility index (Phi) is 4.89. The van der Waals surface area contributed by atoms with Gasteiger partial charge in [-0.1, -0.05) is 13.3 Å². The Hall–Kier alpha value is -2.74. The van der Waals surface area contributed by atoms with E-state index in [2.05, 4.69) is 16.9 Å². The van der Waals surface area contributed by atoms with E-state index in [9.17, 15) is 4.79 Å². The summed E-state index contributed by atoms with van der Waals surface area (Å²) in [6, 6.07) is 3.38. The van der Waals surface area contributed by atoms with Crippen molar-refractivity contribution >= 4 is 16.9 Å². The van der Waals surface area contributed by atoms with Crippen LogP contribution in [0.4, 0.5) is 5.69 Å². The third-order valence-corrected chi connectivity index (χ3v) is 4.92. The van der Waals surface area contributed by atoms with Crippen LogP contribution in [0.15, 0.2) is 29.5 Å². The number of aryl methyl sites for hydroxylation is 1.